The zero-order valence-corrected chi connectivity index (χ0v) is 14.4. The van der Waals surface area contributed by atoms with Crippen LogP contribution in [0.5, 0.6) is 0 Å². The Morgan fingerprint density at radius 2 is 1.73 bits per heavy atom. The Morgan fingerprint density at radius 3 is 2.18 bits per heavy atom. The Labute approximate surface area is 134 Å². The predicted octanol–water partition coefficient (Wildman–Crippen LogP) is 3.23. The smallest absolute Gasteiger partial charge is 0.317 e. The molecule has 2 amide bonds. The Hall–Kier alpha value is -1.55. The van der Waals surface area contributed by atoms with Crippen molar-refractivity contribution < 1.29 is 9.90 Å². The quantitative estimate of drug-likeness (QED) is 0.812. The Balaban J connectivity index is 2.70. The van der Waals surface area contributed by atoms with Crippen LogP contribution in [0.1, 0.15) is 46.1 Å². The molecule has 2 unspecified atom stereocenters. The van der Waals surface area contributed by atoms with Crippen LogP contribution in [0.2, 0.25) is 0 Å². The standard InChI is InChI=1S/C18H30N2O2/c1-13(2)17(16-9-7-6-8-10-16)11-19-18(22)20(14(3)4)12-15(5)21/h6-10,13-15,17,21H,11-12H2,1-5H3,(H,19,22). The largest absolute Gasteiger partial charge is 0.392 e. The highest BCUT2D eigenvalue weighted by Crippen LogP contribution is 2.23. The molecule has 0 fully saturated rings. The maximum absolute atomic E-state index is 12.4. The van der Waals surface area contributed by atoms with Crippen LogP contribution in [0.3, 0.4) is 0 Å². The number of amides is 2. The molecule has 0 aliphatic rings. The molecule has 2 atom stereocenters. The summed E-state index contributed by atoms with van der Waals surface area (Å²) in [5.41, 5.74) is 1.24. The topological polar surface area (TPSA) is 52.6 Å². The zero-order chi connectivity index (χ0) is 16.7. The summed E-state index contributed by atoms with van der Waals surface area (Å²) in [6.45, 7) is 10.9. The summed E-state index contributed by atoms with van der Waals surface area (Å²) in [6, 6.07) is 10.2. The molecular weight excluding hydrogens is 276 g/mol. The average Bonchev–Trinajstić information content (AvgIpc) is 2.45. The van der Waals surface area contributed by atoms with Crippen LogP contribution in [-0.4, -0.2) is 41.3 Å². The first kappa shape index (κ1) is 18.5. The van der Waals surface area contributed by atoms with Crippen molar-refractivity contribution in [3.63, 3.8) is 0 Å². The SMILES string of the molecule is CC(O)CN(C(=O)NCC(c1ccccc1)C(C)C)C(C)C. The fourth-order valence-corrected chi connectivity index (χ4v) is 2.55. The second-order valence-electron chi connectivity index (χ2n) is 6.54. The first-order valence-electron chi connectivity index (χ1n) is 8.10. The van der Waals surface area contributed by atoms with Crippen LogP contribution in [0.4, 0.5) is 4.79 Å². The summed E-state index contributed by atoms with van der Waals surface area (Å²) < 4.78 is 0. The Bertz CT molecular complexity index is 444. The minimum absolute atomic E-state index is 0.0591. The van der Waals surface area contributed by atoms with E-state index in [0.29, 0.717) is 19.0 Å². The number of urea groups is 1. The average molecular weight is 306 g/mol. The van der Waals surface area contributed by atoms with E-state index in [1.807, 2.05) is 32.0 Å². The van der Waals surface area contributed by atoms with Gasteiger partial charge in [0.15, 0.2) is 0 Å². The number of nitrogens with one attached hydrogen (secondary N) is 1. The Morgan fingerprint density at radius 1 is 1.14 bits per heavy atom. The van der Waals surface area contributed by atoms with Crippen molar-refractivity contribution >= 4 is 6.03 Å². The van der Waals surface area contributed by atoms with Crippen molar-refractivity contribution in [1.82, 2.24) is 10.2 Å². The molecule has 22 heavy (non-hydrogen) atoms. The lowest BCUT2D eigenvalue weighted by atomic mass is 9.88. The Kier molecular flexibility index (Phi) is 7.39. The van der Waals surface area contributed by atoms with Crippen molar-refractivity contribution in [1.29, 1.82) is 0 Å². The van der Waals surface area contributed by atoms with Crippen molar-refractivity contribution in [3.05, 3.63) is 35.9 Å². The third-order valence-corrected chi connectivity index (χ3v) is 3.85. The number of carbonyl (C=O) groups excluding carboxylic acids is 1. The predicted molar refractivity (Wildman–Crippen MR) is 90.9 cm³/mol. The van der Waals surface area contributed by atoms with Crippen molar-refractivity contribution in [3.8, 4) is 0 Å². The van der Waals surface area contributed by atoms with E-state index < -0.39 is 6.10 Å². The number of hydrogen-bond donors (Lipinski definition) is 2. The van der Waals surface area contributed by atoms with Gasteiger partial charge < -0.3 is 15.3 Å². The van der Waals surface area contributed by atoms with Gasteiger partial charge >= 0.3 is 6.03 Å². The minimum Gasteiger partial charge on any atom is -0.392 e. The third-order valence-electron chi connectivity index (χ3n) is 3.85. The van der Waals surface area contributed by atoms with Gasteiger partial charge in [0, 0.05) is 25.0 Å². The highest BCUT2D eigenvalue weighted by atomic mass is 16.3. The van der Waals surface area contributed by atoms with E-state index in [1.54, 1.807) is 11.8 Å². The summed E-state index contributed by atoms with van der Waals surface area (Å²) >= 11 is 0. The molecule has 4 heteroatoms. The van der Waals surface area contributed by atoms with Crippen LogP contribution in [0.25, 0.3) is 0 Å². The van der Waals surface area contributed by atoms with E-state index in [0.717, 1.165) is 0 Å². The molecule has 0 bridgehead atoms. The van der Waals surface area contributed by atoms with Crippen LogP contribution in [0.15, 0.2) is 30.3 Å². The van der Waals surface area contributed by atoms with Gasteiger partial charge in [-0.3, -0.25) is 0 Å². The first-order valence-corrected chi connectivity index (χ1v) is 8.10. The van der Waals surface area contributed by atoms with Crippen LogP contribution in [0, 0.1) is 5.92 Å². The summed E-state index contributed by atoms with van der Waals surface area (Å²) in [7, 11) is 0. The van der Waals surface area contributed by atoms with E-state index in [-0.39, 0.29) is 18.0 Å². The molecule has 0 radical (unpaired) electrons. The maximum Gasteiger partial charge on any atom is 0.317 e. The number of aliphatic hydroxyl groups is 1. The molecule has 0 spiro atoms. The van der Waals surface area contributed by atoms with Gasteiger partial charge in [0.1, 0.15) is 0 Å². The lowest BCUT2D eigenvalue weighted by Gasteiger charge is -2.30. The number of rotatable bonds is 7. The van der Waals surface area contributed by atoms with E-state index in [1.165, 1.54) is 5.56 Å². The zero-order valence-electron chi connectivity index (χ0n) is 14.4. The molecule has 0 saturated carbocycles. The van der Waals surface area contributed by atoms with Crippen LogP contribution < -0.4 is 5.32 Å². The molecule has 4 nitrogen and oxygen atoms in total. The monoisotopic (exact) mass is 306 g/mol. The van der Waals surface area contributed by atoms with Crippen molar-refractivity contribution in [2.45, 2.75) is 52.7 Å². The molecule has 0 heterocycles. The van der Waals surface area contributed by atoms with Gasteiger partial charge in [0.25, 0.3) is 0 Å². The van der Waals surface area contributed by atoms with Gasteiger partial charge in [-0.05, 0) is 32.3 Å². The van der Waals surface area contributed by atoms with Crippen molar-refractivity contribution in [2.75, 3.05) is 13.1 Å². The number of benzene rings is 1. The molecule has 0 aliphatic heterocycles. The van der Waals surface area contributed by atoms with Gasteiger partial charge in [0.05, 0.1) is 6.10 Å². The van der Waals surface area contributed by atoms with Gasteiger partial charge in [-0.15, -0.1) is 0 Å². The van der Waals surface area contributed by atoms with Crippen LogP contribution in [-0.2, 0) is 0 Å². The lowest BCUT2D eigenvalue weighted by Crippen LogP contribution is -2.48. The minimum atomic E-state index is -0.525. The molecule has 1 rings (SSSR count). The van der Waals surface area contributed by atoms with Gasteiger partial charge in [-0.1, -0.05) is 44.2 Å². The number of nitrogens with zero attached hydrogens (tertiary/aromatic N) is 1. The second-order valence-corrected chi connectivity index (χ2v) is 6.54. The molecule has 1 aromatic carbocycles. The molecule has 0 aliphatic carbocycles. The van der Waals surface area contributed by atoms with Gasteiger partial charge in [0.2, 0.25) is 0 Å². The molecular formula is C18H30N2O2. The van der Waals surface area contributed by atoms with Crippen LogP contribution >= 0.6 is 0 Å². The summed E-state index contributed by atoms with van der Waals surface area (Å²) in [4.78, 5) is 14.1. The lowest BCUT2D eigenvalue weighted by molar-refractivity contribution is 0.118. The van der Waals surface area contributed by atoms with E-state index in [2.05, 4.69) is 31.3 Å². The van der Waals surface area contributed by atoms with E-state index >= 15 is 0 Å². The second kappa shape index (κ2) is 8.79. The van der Waals surface area contributed by atoms with E-state index in [4.69, 9.17) is 0 Å². The van der Waals surface area contributed by atoms with Crippen molar-refractivity contribution in [2.24, 2.45) is 5.92 Å². The number of hydrogen-bond acceptors (Lipinski definition) is 2. The van der Waals surface area contributed by atoms with Gasteiger partial charge in [-0.25, -0.2) is 4.79 Å². The molecule has 124 valence electrons. The summed E-state index contributed by atoms with van der Waals surface area (Å²) in [5.74, 6) is 0.720. The first-order chi connectivity index (χ1) is 10.3. The third kappa shape index (κ3) is 5.68. The maximum atomic E-state index is 12.4. The number of carbonyl (C=O) groups is 1. The fourth-order valence-electron chi connectivity index (χ4n) is 2.55. The summed E-state index contributed by atoms with van der Waals surface area (Å²) in [5, 5.41) is 12.6. The molecule has 1 aromatic rings. The highest BCUT2D eigenvalue weighted by molar-refractivity contribution is 5.74. The molecule has 0 aromatic heterocycles. The fraction of sp³-hybridized carbons (Fsp3) is 0.611. The van der Waals surface area contributed by atoms with Gasteiger partial charge in [-0.2, -0.15) is 0 Å². The normalized spacial score (nSPS) is 14.0. The van der Waals surface area contributed by atoms with E-state index in [9.17, 15) is 9.90 Å². The molecule has 2 N–H and O–H groups in total. The highest BCUT2D eigenvalue weighted by Gasteiger charge is 2.21. The molecule has 0 saturated heterocycles. The number of aliphatic hydroxyl groups excluding tert-OH is 1. The summed E-state index contributed by atoms with van der Waals surface area (Å²) in [6.07, 6.45) is -0.525.